The van der Waals surface area contributed by atoms with Crippen molar-refractivity contribution in [2.24, 2.45) is 0 Å². The van der Waals surface area contributed by atoms with Crippen molar-refractivity contribution in [2.45, 2.75) is 18.9 Å². The fourth-order valence-electron chi connectivity index (χ4n) is 2.12. The number of anilines is 1. The molecular formula is C12H15BrN2O2. The zero-order chi connectivity index (χ0) is 12.4. The molecule has 1 aliphatic heterocycles. The Labute approximate surface area is 109 Å². The van der Waals surface area contributed by atoms with E-state index in [-0.39, 0.29) is 18.6 Å². The number of likely N-dealkylation sites (tertiary alicyclic amines) is 1. The topological polar surface area (TPSA) is 66.6 Å². The zero-order valence-corrected chi connectivity index (χ0v) is 11.0. The van der Waals surface area contributed by atoms with Crippen LogP contribution < -0.4 is 5.73 Å². The summed E-state index contributed by atoms with van der Waals surface area (Å²) in [7, 11) is 0. The number of rotatable bonds is 2. The Kier molecular flexibility index (Phi) is 3.69. The number of nitrogen functional groups attached to an aromatic ring is 1. The van der Waals surface area contributed by atoms with Gasteiger partial charge in [0.2, 0.25) is 0 Å². The quantitative estimate of drug-likeness (QED) is 0.816. The summed E-state index contributed by atoms with van der Waals surface area (Å²) in [6.45, 7) is 0.744. The van der Waals surface area contributed by atoms with E-state index in [4.69, 9.17) is 5.73 Å². The first-order valence-electron chi connectivity index (χ1n) is 5.60. The molecule has 0 aromatic heterocycles. The van der Waals surface area contributed by atoms with Crippen molar-refractivity contribution in [3.05, 3.63) is 28.2 Å². The molecule has 1 saturated heterocycles. The van der Waals surface area contributed by atoms with Crippen LogP contribution in [-0.2, 0) is 0 Å². The number of nitrogens with two attached hydrogens (primary N) is 1. The molecule has 1 aromatic carbocycles. The van der Waals surface area contributed by atoms with Gasteiger partial charge in [-0.1, -0.05) is 0 Å². The Morgan fingerprint density at radius 1 is 1.59 bits per heavy atom. The highest BCUT2D eigenvalue weighted by Crippen LogP contribution is 2.24. The van der Waals surface area contributed by atoms with Crippen LogP contribution in [0.3, 0.4) is 0 Å². The molecule has 2 rings (SSSR count). The molecule has 4 nitrogen and oxygen atoms in total. The second kappa shape index (κ2) is 5.06. The minimum absolute atomic E-state index is 0.0296. The number of nitrogens with zero attached hydrogens (tertiary/aromatic N) is 1. The lowest BCUT2D eigenvalue weighted by atomic mass is 10.1. The first kappa shape index (κ1) is 12.4. The monoisotopic (exact) mass is 298 g/mol. The minimum atomic E-state index is -0.0428. The van der Waals surface area contributed by atoms with Crippen LogP contribution in [-0.4, -0.2) is 35.1 Å². The number of benzene rings is 1. The van der Waals surface area contributed by atoms with Crippen LogP contribution in [0, 0.1) is 0 Å². The third-order valence-corrected chi connectivity index (χ3v) is 3.78. The standard InChI is InChI=1S/C12H15BrN2O2/c13-10-6-8(3-4-11(10)14)12(17)15-5-1-2-9(15)7-16/h3-4,6,9,16H,1-2,5,7,14H2/t9-/m0/s1. The molecule has 1 aliphatic rings. The Bertz CT molecular complexity index is 437. The number of aliphatic hydroxyl groups is 1. The van der Waals surface area contributed by atoms with Crippen molar-refractivity contribution in [1.29, 1.82) is 0 Å². The van der Waals surface area contributed by atoms with E-state index in [2.05, 4.69) is 15.9 Å². The maximum atomic E-state index is 12.2. The predicted octanol–water partition coefficient (Wildman–Crippen LogP) is 1.63. The maximum absolute atomic E-state index is 12.2. The molecular weight excluding hydrogens is 284 g/mol. The summed E-state index contributed by atoms with van der Waals surface area (Å²) < 4.78 is 0.725. The molecule has 0 unspecified atom stereocenters. The lowest BCUT2D eigenvalue weighted by Crippen LogP contribution is -2.37. The molecule has 1 fully saturated rings. The molecule has 17 heavy (non-hydrogen) atoms. The van der Waals surface area contributed by atoms with Gasteiger partial charge >= 0.3 is 0 Å². The Morgan fingerprint density at radius 3 is 3.00 bits per heavy atom. The highest BCUT2D eigenvalue weighted by Gasteiger charge is 2.28. The molecule has 1 amide bonds. The van der Waals surface area contributed by atoms with Crippen molar-refractivity contribution in [3.63, 3.8) is 0 Å². The lowest BCUT2D eigenvalue weighted by Gasteiger charge is -2.23. The van der Waals surface area contributed by atoms with Gasteiger partial charge in [-0.2, -0.15) is 0 Å². The van der Waals surface area contributed by atoms with Crippen LogP contribution in [0.15, 0.2) is 22.7 Å². The average Bonchev–Trinajstić information content (AvgIpc) is 2.80. The van der Waals surface area contributed by atoms with Crippen molar-refractivity contribution >= 4 is 27.5 Å². The lowest BCUT2D eigenvalue weighted by molar-refractivity contribution is 0.0677. The van der Waals surface area contributed by atoms with Crippen molar-refractivity contribution in [1.82, 2.24) is 4.90 Å². The van der Waals surface area contributed by atoms with Gasteiger partial charge in [0, 0.05) is 22.3 Å². The largest absolute Gasteiger partial charge is 0.398 e. The SMILES string of the molecule is Nc1ccc(C(=O)N2CCC[C@H]2CO)cc1Br. The third kappa shape index (κ3) is 2.45. The van der Waals surface area contributed by atoms with E-state index in [9.17, 15) is 9.90 Å². The van der Waals surface area contributed by atoms with Gasteiger partial charge < -0.3 is 15.7 Å². The molecule has 1 heterocycles. The molecule has 1 atom stereocenters. The Balaban J connectivity index is 2.21. The van der Waals surface area contributed by atoms with Gasteiger partial charge in [0.25, 0.3) is 5.91 Å². The first-order chi connectivity index (χ1) is 8.13. The molecule has 3 N–H and O–H groups in total. The summed E-state index contributed by atoms with van der Waals surface area (Å²) in [5.74, 6) is -0.0396. The number of amides is 1. The van der Waals surface area contributed by atoms with Crippen molar-refractivity contribution < 1.29 is 9.90 Å². The van der Waals surface area contributed by atoms with Crippen molar-refractivity contribution in [2.75, 3.05) is 18.9 Å². The van der Waals surface area contributed by atoms with E-state index in [1.165, 1.54) is 0 Å². The zero-order valence-electron chi connectivity index (χ0n) is 9.40. The highest BCUT2D eigenvalue weighted by molar-refractivity contribution is 9.10. The third-order valence-electron chi connectivity index (χ3n) is 3.10. The Hall–Kier alpha value is -1.07. The highest BCUT2D eigenvalue weighted by atomic mass is 79.9. The van der Waals surface area contributed by atoms with Crippen LogP contribution in [0.4, 0.5) is 5.69 Å². The van der Waals surface area contributed by atoms with Crippen molar-refractivity contribution in [3.8, 4) is 0 Å². The van der Waals surface area contributed by atoms with E-state index >= 15 is 0 Å². The minimum Gasteiger partial charge on any atom is -0.398 e. The normalized spacial score (nSPS) is 19.6. The van der Waals surface area contributed by atoms with Gasteiger partial charge in [0.15, 0.2) is 0 Å². The van der Waals surface area contributed by atoms with Gasteiger partial charge in [0.1, 0.15) is 0 Å². The van der Waals surface area contributed by atoms with Gasteiger partial charge in [-0.05, 0) is 47.0 Å². The molecule has 5 heteroatoms. The number of halogens is 1. The predicted molar refractivity (Wildman–Crippen MR) is 69.7 cm³/mol. The van der Waals surface area contributed by atoms with E-state index in [1.807, 2.05) is 0 Å². The van der Waals surface area contributed by atoms with Crippen LogP contribution in [0.25, 0.3) is 0 Å². The van der Waals surface area contributed by atoms with Crippen LogP contribution in [0.2, 0.25) is 0 Å². The van der Waals surface area contributed by atoms with E-state index in [0.29, 0.717) is 17.8 Å². The van der Waals surface area contributed by atoms with Gasteiger partial charge in [-0.3, -0.25) is 4.79 Å². The summed E-state index contributed by atoms with van der Waals surface area (Å²) in [6.07, 6.45) is 1.82. The summed E-state index contributed by atoms with van der Waals surface area (Å²) >= 11 is 3.31. The summed E-state index contributed by atoms with van der Waals surface area (Å²) in [6, 6.07) is 5.11. The number of hydrogen-bond donors (Lipinski definition) is 2. The van der Waals surface area contributed by atoms with Crippen LogP contribution in [0.5, 0.6) is 0 Å². The van der Waals surface area contributed by atoms with Gasteiger partial charge in [-0.25, -0.2) is 0 Å². The number of carbonyl (C=O) groups excluding carboxylic acids is 1. The molecule has 0 aliphatic carbocycles. The molecule has 92 valence electrons. The number of carbonyl (C=O) groups is 1. The second-order valence-electron chi connectivity index (χ2n) is 4.21. The molecule has 0 radical (unpaired) electrons. The van der Waals surface area contributed by atoms with E-state index in [1.54, 1.807) is 23.1 Å². The summed E-state index contributed by atoms with van der Waals surface area (Å²) in [5.41, 5.74) is 6.90. The Morgan fingerprint density at radius 2 is 2.35 bits per heavy atom. The number of hydrogen-bond acceptors (Lipinski definition) is 3. The molecule has 0 saturated carbocycles. The van der Waals surface area contributed by atoms with Crippen LogP contribution in [0.1, 0.15) is 23.2 Å². The first-order valence-corrected chi connectivity index (χ1v) is 6.39. The molecule has 1 aromatic rings. The second-order valence-corrected chi connectivity index (χ2v) is 5.07. The average molecular weight is 299 g/mol. The summed E-state index contributed by atoms with van der Waals surface area (Å²) in [5, 5.41) is 9.21. The van der Waals surface area contributed by atoms with Crippen LogP contribution >= 0.6 is 15.9 Å². The maximum Gasteiger partial charge on any atom is 0.254 e. The molecule has 0 spiro atoms. The smallest absolute Gasteiger partial charge is 0.254 e. The fourth-order valence-corrected chi connectivity index (χ4v) is 2.50. The summed E-state index contributed by atoms with van der Waals surface area (Å²) in [4.78, 5) is 14.0. The van der Waals surface area contributed by atoms with E-state index in [0.717, 1.165) is 17.3 Å². The molecule has 0 bridgehead atoms. The van der Waals surface area contributed by atoms with Gasteiger partial charge in [0.05, 0.1) is 12.6 Å². The van der Waals surface area contributed by atoms with Gasteiger partial charge in [-0.15, -0.1) is 0 Å². The number of aliphatic hydroxyl groups excluding tert-OH is 1. The fraction of sp³-hybridized carbons (Fsp3) is 0.417. The van der Waals surface area contributed by atoms with E-state index < -0.39 is 0 Å².